The summed E-state index contributed by atoms with van der Waals surface area (Å²) in [6, 6.07) is 0. The number of carbonyl (C=O) groups is 1. The lowest BCUT2D eigenvalue weighted by atomic mass is 10.4. The zero-order valence-corrected chi connectivity index (χ0v) is 5.22. The summed E-state index contributed by atoms with van der Waals surface area (Å²) >= 11 is 0. The van der Waals surface area contributed by atoms with Crippen molar-refractivity contribution in [2.45, 2.75) is 13.8 Å². The second kappa shape index (κ2) is 4.31. The van der Waals surface area contributed by atoms with E-state index >= 15 is 0 Å². The minimum atomic E-state index is 0.0862. The van der Waals surface area contributed by atoms with Crippen molar-refractivity contribution in [1.29, 1.82) is 0 Å². The molecule has 0 rings (SSSR count). The Morgan fingerprint density at radius 3 is 2.38 bits per heavy atom. The summed E-state index contributed by atoms with van der Waals surface area (Å²) < 4.78 is 0. The molecule has 0 aromatic rings. The van der Waals surface area contributed by atoms with Crippen LogP contribution in [0.1, 0.15) is 13.8 Å². The number of rotatable bonds is 2. The van der Waals surface area contributed by atoms with E-state index in [2.05, 4.69) is 0 Å². The highest BCUT2D eigenvalue weighted by molar-refractivity contribution is 5.87. The second-order valence-corrected chi connectivity index (χ2v) is 1.50. The Morgan fingerprint density at radius 2 is 2.00 bits per heavy atom. The molecule has 0 heterocycles. The first kappa shape index (κ1) is 7.15. The molecule has 0 saturated carbocycles. The van der Waals surface area contributed by atoms with Gasteiger partial charge < -0.3 is 0 Å². The largest absolute Gasteiger partial charge is 0.295 e. The Kier molecular flexibility index (Phi) is 3.85. The summed E-state index contributed by atoms with van der Waals surface area (Å²) in [4.78, 5) is 10.2. The topological polar surface area (TPSA) is 17.1 Å². The highest BCUT2D eigenvalue weighted by Crippen LogP contribution is 1.76. The summed E-state index contributed by atoms with van der Waals surface area (Å²) in [5, 5.41) is 0. The van der Waals surface area contributed by atoms with Crippen molar-refractivity contribution >= 4 is 5.78 Å². The molecule has 0 bridgehead atoms. The first-order valence-corrected chi connectivity index (χ1v) is 2.57. The van der Waals surface area contributed by atoms with E-state index in [1.807, 2.05) is 19.1 Å². The second-order valence-electron chi connectivity index (χ2n) is 1.50. The van der Waals surface area contributed by atoms with Gasteiger partial charge in [-0.1, -0.05) is 18.2 Å². The Morgan fingerprint density at radius 1 is 1.38 bits per heavy atom. The van der Waals surface area contributed by atoms with Gasteiger partial charge in [-0.2, -0.15) is 0 Å². The van der Waals surface area contributed by atoms with Crippen LogP contribution in [0.4, 0.5) is 0 Å². The molecule has 44 valence electrons. The zero-order valence-electron chi connectivity index (χ0n) is 5.22. The monoisotopic (exact) mass is 110 g/mol. The molecule has 0 spiro atoms. The Labute approximate surface area is 49.7 Å². The molecule has 0 fully saturated rings. The molecule has 0 amide bonds. The molecule has 0 unspecified atom stereocenters. The quantitative estimate of drug-likeness (QED) is 0.390. The lowest BCUT2D eigenvalue weighted by molar-refractivity contribution is -0.112. The minimum Gasteiger partial charge on any atom is -0.295 e. The first-order chi connectivity index (χ1) is 3.77. The predicted octanol–water partition coefficient (Wildman–Crippen LogP) is 1.71. The van der Waals surface area contributed by atoms with Crippen molar-refractivity contribution < 1.29 is 4.79 Å². The van der Waals surface area contributed by atoms with E-state index in [4.69, 9.17) is 0 Å². The summed E-state index contributed by atoms with van der Waals surface area (Å²) in [5.74, 6) is 0.0862. The number of hydrogen-bond acceptors (Lipinski definition) is 1. The van der Waals surface area contributed by atoms with Crippen LogP contribution in [0.3, 0.4) is 0 Å². The lowest BCUT2D eigenvalue weighted by Crippen LogP contribution is -1.76. The number of carbonyl (C=O) groups excluding carboxylic acids is 1. The normalized spacial score (nSPS) is 11.2. The third kappa shape index (κ3) is 5.15. The van der Waals surface area contributed by atoms with Gasteiger partial charge in [0.1, 0.15) is 0 Å². The van der Waals surface area contributed by atoms with Crippen molar-refractivity contribution in [1.82, 2.24) is 0 Å². The third-order valence-electron chi connectivity index (χ3n) is 0.634. The van der Waals surface area contributed by atoms with Gasteiger partial charge in [0.2, 0.25) is 0 Å². The molecular formula is C7H10O. The first-order valence-electron chi connectivity index (χ1n) is 2.57. The molecular weight excluding hydrogens is 100 g/mol. The fourth-order valence-corrected chi connectivity index (χ4v) is 0.302. The molecule has 1 nitrogen and oxygen atoms in total. The highest BCUT2D eigenvalue weighted by atomic mass is 16.1. The van der Waals surface area contributed by atoms with Gasteiger partial charge in [0.15, 0.2) is 5.78 Å². The van der Waals surface area contributed by atoms with Gasteiger partial charge in [0.05, 0.1) is 0 Å². The number of allylic oxidation sites excluding steroid dienone is 4. The van der Waals surface area contributed by atoms with E-state index in [1.165, 1.54) is 13.0 Å². The molecule has 0 saturated heterocycles. The summed E-state index contributed by atoms with van der Waals surface area (Å²) in [6.07, 6.45) is 6.95. The van der Waals surface area contributed by atoms with Crippen LogP contribution >= 0.6 is 0 Å². The average molecular weight is 110 g/mol. The van der Waals surface area contributed by atoms with Gasteiger partial charge in [-0.05, 0) is 19.9 Å². The van der Waals surface area contributed by atoms with E-state index in [9.17, 15) is 4.79 Å². The van der Waals surface area contributed by atoms with Gasteiger partial charge in [-0.15, -0.1) is 0 Å². The maximum Gasteiger partial charge on any atom is 0.152 e. The van der Waals surface area contributed by atoms with Gasteiger partial charge in [-0.3, -0.25) is 4.79 Å². The standard InChI is InChI=1S/C7H10O/c1-3-4-5-6-7(2)8/h3-6H,1-2H3/b4-3-,6-5+. The van der Waals surface area contributed by atoms with Gasteiger partial charge in [-0.25, -0.2) is 0 Å². The summed E-state index contributed by atoms with van der Waals surface area (Å²) in [5.41, 5.74) is 0. The van der Waals surface area contributed by atoms with E-state index in [0.29, 0.717) is 0 Å². The molecule has 0 aromatic heterocycles. The van der Waals surface area contributed by atoms with E-state index in [1.54, 1.807) is 6.08 Å². The smallest absolute Gasteiger partial charge is 0.152 e. The van der Waals surface area contributed by atoms with Crippen molar-refractivity contribution in [3.63, 3.8) is 0 Å². The third-order valence-corrected chi connectivity index (χ3v) is 0.634. The van der Waals surface area contributed by atoms with E-state index < -0.39 is 0 Å². The molecule has 0 atom stereocenters. The van der Waals surface area contributed by atoms with Crippen LogP contribution in [0.25, 0.3) is 0 Å². The van der Waals surface area contributed by atoms with Gasteiger partial charge in [0.25, 0.3) is 0 Å². The number of ketones is 1. The maximum absolute atomic E-state index is 10.2. The van der Waals surface area contributed by atoms with Gasteiger partial charge >= 0.3 is 0 Å². The zero-order chi connectivity index (χ0) is 6.41. The van der Waals surface area contributed by atoms with Crippen molar-refractivity contribution in [2.75, 3.05) is 0 Å². The van der Waals surface area contributed by atoms with Crippen LogP contribution in [-0.4, -0.2) is 5.78 Å². The molecule has 1 heteroatoms. The highest BCUT2D eigenvalue weighted by Gasteiger charge is 1.74. The molecule has 0 aliphatic carbocycles. The Hall–Kier alpha value is -0.850. The fraction of sp³-hybridized carbons (Fsp3) is 0.286. The van der Waals surface area contributed by atoms with E-state index in [0.717, 1.165) is 0 Å². The van der Waals surface area contributed by atoms with Crippen LogP contribution in [-0.2, 0) is 4.79 Å². The Balaban J connectivity index is 3.50. The molecule has 0 aliphatic rings. The minimum absolute atomic E-state index is 0.0862. The number of hydrogen-bond donors (Lipinski definition) is 0. The SMILES string of the molecule is C/C=C\C=C\C(C)=O. The molecule has 8 heavy (non-hydrogen) atoms. The molecule has 0 aromatic carbocycles. The fourth-order valence-electron chi connectivity index (χ4n) is 0.302. The maximum atomic E-state index is 10.2. The molecule has 0 N–H and O–H groups in total. The Bertz CT molecular complexity index is 120. The van der Waals surface area contributed by atoms with Crippen LogP contribution in [0, 0.1) is 0 Å². The van der Waals surface area contributed by atoms with Crippen LogP contribution < -0.4 is 0 Å². The van der Waals surface area contributed by atoms with E-state index in [-0.39, 0.29) is 5.78 Å². The van der Waals surface area contributed by atoms with Gasteiger partial charge in [0, 0.05) is 0 Å². The van der Waals surface area contributed by atoms with Crippen molar-refractivity contribution in [3.05, 3.63) is 24.3 Å². The van der Waals surface area contributed by atoms with Crippen LogP contribution in [0.15, 0.2) is 24.3 Å². The summed E-state index contributed by atoms with van der Waals surface area (Å²) in [6.45, 7) is 3.43. The van der Waals surface area contributed by atoms with Crippen LogP contribution in [0.5, 0.6) is 0 Å². The lowest BCUT2D eigenvalue weighted by Gasteiger charge is -1.72. The summed E-state index contributed by atoms with van der Waals surface area (Å²) in [7, 11) is 0. The predicted molar refractivity (Wildman–Crippen MR) is 34.6 cm³/mol. The van der Waals surface area contributed by atoms with Crippen molar-refractivity contribution in [3.8, 4) is 0 Å². The molecule has 0 radical (unpaired) electrons. The van der Waals surface area contributed by atoms with Crippen LogP contribution in [0.2, 0.25) is 0 Å². The van der Waals surface area contributed by atoms with Crippen molar-refractivity contribution in [2.24, 2.45) is 0 Å². The molecule has 0 aliphatic heterocycles. The average Bonchev–Trinajstić information content (AvgIpc) is 1.66.